The van der Waals surface area contributed by atoms with E-state index in [0.29, 0.717) is 11.7 Å². The molecular weight excluding hydrogens is 226 g/mol. The maximum absolute atomic E-state index is 11.7. The van der Waals surface area contributed by atoms with Gasteiger partial charge in [0, 0.05) is 13.0 Å². The minimum atomic E-state index is -0.0590. The molecule has 1 aromatic rings. The number of hydrogen-bond donors (Lipinski definition) is 2. The van der Waals surface area contributed by atoms with Crippen LogP contribution in [0.1, 0.15) is 43.7 Å². The van der Waals surface area contributed by atoms with Crippen LogP contribution in [-0.4, -0.2) is 9.55 Å². The normalized spacial score (nSPS) is 41.5. The van der Waals surface area contributed by atoms with Gasteiger partial charge in [-0.25, -0.2) is 4.79 Å². The van der Waals surface area contributed by atoms with E-state index in [9.17, 15) is 4.79 Å². The van der Waals surface area contributed by atoms with Crippen molar-refractivity contribution in [1.82, 2.24) is 9.55 Å². The second kappa shape index (κ2) is 3.43. The van der Waals surface area contributed by atoms with Crippen LogP contribution in [0.15, 0.2) is 4.79 Å². The zero-order chi connectivity index (χ0) is 12.4. The minimum Gasteiger partial charge on any atom is -0.384 e. The smallest absolute Gasteiger partial charge is 0.327 e. The number of imidazole rings is 1. The first kappa shape index (κ1) is 10.7. The highest BCUT2D eigenvalue weighted by molar-refractivity contribution is 5.40. The van der Waals surface area contributed by atoms with Gasteiger partial charge in [-0.1, -0.05) is 0 Å². The van der Waals surface area contributed by atoms with Gasteiger partial charge in [-0.3, -0.25) is 4.57 Å². The number of nitrogens with one attached hydrogen (secondary N) is 1. The van der Waals surface area contributed by atoms with Crippen LogP contribution in [0.4, 0.5) is 5.82 Å². The molecule has 4 saturated carbocycles. The van der Waals surface area contributed by atoms with Crippen LogP contribution in [0.25, 0.3) is 0 Å². The van der Waals surface area contributed by atoms with Gasteiger partial charge in [0.15, 0.2) is 0 Å². The lowest BCUT2D eigenvalue weighted by Crippen LogP contribution is -2.44. The van der Waals surface area contributed by atoms with Crippen LogP contribution in [0, 0.1) is 23.7 Å². The summed E-state index contributed by atoms with van der Waals surface area (Å²) in [6.07, 6.45) is 6.88. The van der Waals surface area contributed by atoms with E-state index in [2.05, 4.69) is 4.98 Å². The number of aromatic amines is 1. The van der Waals surface area contributed by atoms with E-state index >= 15 is 0 Å². The Labute approximate surface area is 107 Å². The molecule has 0 aliphatic heterocycles. The largest absolute Gasteiger partial charge is 0.384 e. The SMILES string of the molecule is Cn1c(N)c(C2C3CC4CC(C3)CC2C4)[nH]c1=O. The number of nitrogens with two attached hydrogens (primary N) is 1. The first-order valence-corrected chi connectivity index (χ1v) is 7.18. The molecule has 4 bridgehead atoms. The van der Waals surface area contributed by atoms with Gasteiger partial charge < -0.3 is 10.7 Å². The van der Waals surface area contributed by atoms with Gasteiger partial charge in [-0.2, -0.15) is 0 Å². The minimum absolute atomic E-state index is 0.0590. The number of anilines is 1. The number of aromatic nitrogens is 2. The Morgan fingerprint density at radius 3 is 2.11 bits per heavy atom. The predicted octanol–water partition coefficient (Wildman–Crippen LogP) is 1.84. The molecule has 98 valence electrons. The predicted molar refractivity (Wildman–Crippen MR) is 70.2 cm³/mol. The number of rotatable bonds is 1. The highest BCUT2D eigenvalue weighted by Crippen LogP contribution is 2.59. The topological polar surface area (TPSA) is 63.8 Å². The Bertz CT molecular complexity index is 514. The molecule has 0 unspecified atom stereocenters. The average molecular weight is 247 g/mol. The third kappa shape index (κ3) is 1.29. The summed E-state index contributed by atoms with van der Waals surface area (Å²) < 4.78 is 1.56. The summed E-state index contributed by atoms with van der Waals surface area (Å²) in [5.41, 5.74) is 7.09. The first-order chi connectivity index (χ1) is 8.63. The molecule has 0 spiro atoms. The van der Waals surface area contributed by atoms with Gasteiger partial charge in [0.25, 0.3) is 0 Å². The van der Waals surface area contributed by atoms with Crippen molar-refractivity contribution in [3.63, 3.8) is 0 Å². The summed E-state index contributed by atoms with van der Waals surface area (Å²) in [5.74, 6) is 4.63. The van der Waals surface area contributed by atoms with Gasteiger partial charge in [-0.05, 0) is 55.8 Å². The molecule has 1 heterocycles. The molecule has 1 aromatic heterocycles. The molecule has 4 fully saturated rings. The molecule has 4 heteroatoms. The van der Waals surface area contributed by atoms with Crippen molar-refractivity contribution in [3.05, 3.63) is 16.2 Å². The summed E-state index contributed by atoms with van der Waals surface area (Å²) in [6, 6.07) is 0. The van der Waals surface area contributed by atoms with Crippen LogP contribution in [-0.2, 0) is 7.05 Å². The lowest BCUT2D eigenvalue weighted by Gasteiger charge is -2.54. The van der Waals surface area contributed by atoms with Gasteiger partial charge in [-0.15, -0.1) is 0 Å². The monoisotopic (exact) mass is 247 g/mol. The first-order valence-electron chi connectivity index (χ1n) is 7.18. The Balaban J connectivity index is 1.76. The standard InChI is InChI=1S/C14H21N3O/c1-17-13(15)12(16-14(17)18)11-9-3-7-2-8(5-9)6-10(11)4-7/h7-11H,2-6,15H2,1H3,(H,16,18). The number of nitrogen functional groups attached to an aromatic ring is 1. The zero-order valence-electron chi connectivity index (χ0n) is 10.9. The molecule has 0 atom stereocenters. The molecule has 5 rings (SSSR count). The van der Waals surface area contributed by atoms with Crippen LogP contribution < -0.4 is 11.4 Å². The summed E-state index contributed by atoms with van der Waals surface area (Å²) in [7, 11) is 1.76. The van der Waals surface area contributed by atoms with Crippen molar-refractivity contribution in [2.75, 3.05) is 5.73 Å². The fourth-order valence-electron chi connectivity index (χ4n) is 5.20. The fraction of sp³-hybridized carbons (Fsp3) is 0.786. The summed E-state index contributed by atoms with van der Waals surface area (Å²) in [5, 5.41) is 0. The van der Waals surface area contributed by atoms with Crippen molar-refractivity contribution < 1.29 is 0 Å². The molecule has 0 aromatic carbocycles. The Hall–Kier alpha value is -1.19. The molecule has 4 aliphatic carbocycles. The fourth-order valence-corrected chi connectivity index (χ4v) is 5.20. The molecule has 0 radical (unpaired) electrons. The van der Waals surface area contributed by atoms with Crippen molar-refractivity contribution in [1.29, 1.82) is 0 Å². The number of nitrogens with zero attached hydrogens (tertiary/aromatic N) is 1. The second-order valence-corrected chi connectivity index (χ2v) is 6.74. The van der Waals surface area contributed by atoms with Crippen LogP contribution in [0.3, 0.4) is 0 Å². The third-order valence-corrected chi connectivity index (χ3v) is 5.74. The summed E-state index contributed by atoms with van der Waals surface area (Å²) in [6.45, 7) is 0. The highest BCUT2D eigenvalue weighted by Gasteiger charge is 2.49. The van der Waals surface area contributed by atoms with Crippen LogP contribution in [0.5, 0.6) is 0 Å². The van der Waals surface area contributed by atoms with E-state index < -0.39 is 0 Å². The quantitative estimate of drug-likeness (QED) is 0.795. The van der Waals surface area contributed by atoms with Crippen molar-refractivity contribution >= 4 is 5.82 Å². The van der Waals surface area contributed by atoms with E-state index in [1.54, 1.807) is 11.6 Å². The van der Waals surface area contributed by atoms with E-state index in [1.165, 1.54) is 32.1 Å². The maximum Gasteiger partial charge on any atom is 0.327 e. The highest BCUT2D eigenvalue weighted by atomic mass is 16.1. The van der Waals surface area contributed by atoms with Crippen molar-refractivity contribution in [3.8, 4) is 0 Å². The molecule has 3 N–H and O–H groups in total. The molecule has 18 heavy (non-hydrogen) atoms. The molecule has 0 saturated heterocycles. The van der Waals surface area contributed by atoms with E-state index in [0.717, 1.165) is 29.4 Å². The lowest BCUT2D eigenvalue weighted by molar-refractivity contribution is -0.00382. The average Bonchev–Trinajstić information content (AvgIpc) is 2.56. The molecule has 4 nitrogen and oxygen atoms in total. The second-order valence-electron chi connectivity index (χ2n) is 6.74. The van der Waals surface area contributed by atoms with E-state index in [-0.39, 0.29) is 5.69 Å². The Morgan fingerprint density at radius 1 is 1.11 bits per heavy atom. The van der Waals surface area contributed by atoms with Crippen LogP contribution in [0.2, 0.25) is 0 Å². The third-order valence-electron chi connectivity index (χ3n) is 5.74. The lowest BCUT2D eigenvalue weighted by atomic mass is 9.51. The van der Waals surface area contributed by atoms with Crippen LogP contribution >= 0.6 is 0 Å². The zero-order valence-corrected chi connectivity index (χ0v) is 10.9. The van der Waals surface area contributed by atoms with E-state index in [1.807, 2.05) is 0 Å². The summed E-state index contributed by atoms with van der Waals surface area (Å²) >= 11 is 0. The number of H-pyrrole nitrogens is 1. The van der Waals surface area contributed by atoms with Gasteiger partial charge in [0.1, 0.15) is 5.82 Å². The van der Waals surface area contributed by atoms with Gasteiger partial charge in [0.05, 0.1) is 5.69 Å². The Kier molecular flexibility index (Phi) is 2.04. The molecule has 4 aliphatic rings. The van der Waals surface area contributed by atoms with Crippen molar-refractivity contribution in [2.24, 2.45) is 30.7 Å². The van der Waals surface area contributed by atoms with Gasteiger partial charge in [0.2, 0.25) is 0 Å². The van der Waals surface area contributed by atoms with E-state index in [4.69, 9.17) is 5.73 Å². The van der Waals surface area contributed by atoms with Gasteiger partial charge >= 0.3 is 5.69 Å². The molecular formula is C14H21N3O. The Morgan fingerprint density at radius 2 is 1.67 bits per heavy atom. The maximum atomic E-state index is 11.7. The summed E-state index contributed by atoms with van der Waals surface area (Å²) in [4.78, 5) is 14.7. The molecule has 0 amide bonds. The van der Waals surface area contributed by atoms with Crippen molar-refractivity contribution in [2.45, 2.75) is 38.0 Å². The number of hydrogen-bond acceptors (Lipinski definition) is 2.